The Labute approximate surface area is 92.1 Å². The van der Waals surface area contributed by atoms with Gasteiger partial charge in [-0.25, -0.2) is 0 Å². The van der Waals surface area contributed by atoms with Gasteiger partial charge in [-0.1, -0.05) is 38.9 Å². The summed E-state index contributed by atoms with van der Waals surface area (Å²) in [6.07, 6.45) is 0. The molecule has 0 saturated heterocycles. The monoisotopic (exact) mass is 228 g/mol. The van der Waals surface area contributed by atoms with Gasteiger partial charge >= 0.3 is 0 Å². The van der Waals surface area contributed by atoms with Crippen LogP contribution in [0.4, 0.5) is 0 Å². The standard InChI is InChI=1S/C11H20OSSi/c1-5-14(6-2,7-3)11-10(12-4)8-9-13-11/h8-9H,5-7H2,1-4H3. The minimum atomic E-state index is -1.21. The Balaban J connectivity index is 3.09. The van der Waals surface area contributed by atoms with Gasteiger partial charge in [0.2, 0.25) is 0 Å². The summed E-state index contributed by atoms with van der Waals surface area (Å²) in [5, 5.41) is 2.16. The van der Waals surface area contributed by atoms with E-state index in [0.717, 1.165) is 5.75 Å². The third kappa shape index (κ3) is 1.89. The van der Waals surface area contributed by atoms with E-state index in [-0.39, 0.29) is 0 Å². The number of rotatable bonds is 5. The Hall–Kier alpha value is -0.283. The molecule has 80 valence electrons. The predicted molar refractivity (Wildman–Crippen MR) is 67.7 cm³/mol. The molecule has 0 fully saturated rings. The molecule has 0 amide bonds. The molecule has 0 aliphatic heterocycles. The van der Waals surface area contributed by atoms with Gasteiger partial charge in [0.1, 0.15) is 13.8 Å². The van der Waals surface area contributed by atoms with E-state index in [1.807, 2.05) is 11.3 Å². The molecule has 1 nitrogen and oxygen atoms in total. The molecule has 0 unspecified atom stereocenters. The Bertz CT molecular complexity index is 270. The van der Waals surface area contributed by atoms with Gasteiger partial charge in [-0.3, -0.25) is 0 Å². The summed E-state index contributed by atoms with van der Waals surface area (Å²) in [6, 6.07) is 6.10. The fraction of sp³-hybridized carbons (Fsp3) is 0.636. The summed E-state index contributed by atoms with van der Waals surface area (Å²) in [4.78, 5) is 0. The Morgan fingerprint density at radius 2 is 1.79 bits per heavy atom. The first-order chi connectivity index (χ1) is 6.74. The largest absolute Gasteiger partial charge is 0.496 e. The van der Waals surface area contributed by atoms with Crippen LogP contribution in [0.15, 0.2) is 11.4 Å². The molecule has 1 aromatic rings. The van der Waals surface area contributed by atoms with Gasteiger partial charge in [-0.05, 0) is 11.4 Å². The highest BCUT2D eigenvalue weighted by molar-refractivity contribution is 7.26. The van der Waals surface area contributed by atoms with E-state index in [1.54, 1.807) is 11.6 Å². The van der Waals surface area contributed by atoms with Crippen LogP contribution in [0.5, 0.6) is 5.75 Å². The molecule has 14 heavy (non-hydrogen) atoms. The summed E-state index contributed by atoms with van der Waals surface area (Å²) >= 11 is 1.89. The molecule has 1 rings (SSSR count). The zero-order valence-electron chi connectivity index (χ0n) is 9.59. The molecule has 0 aliphatic rings. The Kier molecular flexibility index (Phi) is 4.20. The number of methoxy groups -OCH3 is 1. The minimum Gasteiger partial charge on any atom is -0.496 e. The maximum Gasteiger partial charge on any atom is 0.128 e. The van der Waals surface area contributed by atoms with Gasteiger partial charge in [0.05, 0.1) is 7.11 Å². The summed E-state index contributed by atoms with van der Waals surface area (Å²) < 4.78 is 7.00. The van der Waals surface area contributed by atoms with E-state index in [9.17, 15) is 0 Å². The van der Waals surface area contributed by atoms with Crippen LogP contribution in [-0.4, -0.2) is 15.2 Å². The molecule has 0 bridgehead atoms. The van der Waals surface area contributed by atoms with E-state index in [1.165, 1.54) is 18.1 Å². The maximum absolute atomic E-state index is 5.44. The van der Waals surface area contributed by atoms with Crippen LogP contribution in [0.1, 0.15) is 20.8 Å². The van der Waals surface area contributed by atoms with Gasteiger partial charge < -0.3 is 4.74 Å². The molecular weight excluding hydrogens is 208 g/mol. The number of hydrogen-bond acceptors (Lipinski definition) is 2. The Morgan fingerprint density at radius 1 is 1.21 bits per heavy atom. The summed E-state index contributed by atoms with van der Waals surface area (Å²) in [7, 11) is 0.570. The summed E-state index contributed by atoms with van der Waals surface area (Å²) in [5.41, 5.74) is 0. The molecule has 3 heteroatoms. The normalized spacial score (nSPS) is 11.7. The van der Waals surface area contributed by atoms with Crippen LogP contribution < -0.4 is 9.24 Å². The van der Waals surface area contributed by atoms with Crippen molar-refractivity contribution in [3.8, 4) is 5.75 Å². The van der Waals surface area contributed by atoms with Crippen LogP contribution in [0.2, 0.25) is 18.1 Å². The van der Waals surface area contributed by atoms with Crippen LogP contribution in [-0.2, 0) is 0 Å². The molecule has 0 saturated carbocycles. The van der Waals surface area contributed by atoms with Crippen LogP contribution in [0.3, 0.4) is 0 Å². The van der Waals surface area contributed by atoms with Gasteiger partial charge in [0, 0.05) is 4.50 Å². The highest BCUT2D eigenvalue weighted by Gasteiger charge is 2.33. The number of ether oxygens (including phenoxy) is 1. The SMILES string of the molecule is CC[Si](CC)(CC)c1sccc1OC. The molecule has 0 radical (unpaired) electrons. The maximum atomic E-state index is 5.44. The van der Waals surface area contributed by atoms with E-state index >= 15 is 0 Å². The highest BCUT2D eigenvalue weighted by Crippen LogP contribution is 2.27. The van der Waals surface area contributed by atoms with E-state index in [0.29, 0.717) is 0 Å². The van der Waals surface area contributed by atoms with Gasteiger partial charge in [-0.15, -0.1) is 11.3 Å². The quantitative estimate of drug-likeness (QED) is 0.701. The van der Waals surface area contributed by atoms with Crippen molar-refractivity contribution < 1.29 is 4.74 Å². The average molecular weight is 228 g/mol. The van der Waals surface area contributed by atoms with Crippen LogP contribution in [0.25, 0.3) is 0 Å². The predicted octanol–water partition coefficient (Wildman–Crippen LogP) is 3.47. The molecule has 0 aliphatic carbocycles. The van der Waals surface area contributed by atoms with Crippen molar-refractivity contribution >= 4 is 23.9 Å². The van der Waals surface area contributed by atoms with Crippen molar-refractivity contribution in [3.05, 3.63) is 11.4 Å². The molecule has 0 atom stereocenters. The lowest BCUT2D eigenvalue weighted by molar-refractivity contribution is 0.419. The van der Waals surface area contributed by atoms with Crippen LogP contribution in [0, 0.1) is 0 Å². The first kappa shape index (κ1) is 11.8. The van der Waals surface area contributed by atoms with Crippen molar-refractivity contribution in [3.63, 3.8) is 0 Å². The van der Waals surface area contributed by atoms with Gasteiger partial charge in [-0.2, -0.15) is 0 Å². The lowest BCUT2D eigenvalue weighted by Crippen LogP contribution is -2.44. The summed E-state index contributed by atoms with van der Waals surface area (Å²) in [6.45, 7) is 7.00. The van der Waals surface area contributed by atoms with Crippen molar-refractivity contribution in [1.82, 2.24) is 0 Å². The molecule has 1 aromatic heterocycles. The molecule has 0 aromatic carbocycles. The first-order valence-corrected chi connectivity index (χ1v) is 8.86. The third-order valence-corrected chi connectivity index (χ3v) is 11.0. The molecular formula is C11H20OSSi. The first-order valence-electron chi connectivity index (χ1n) is 5.36. The van der Waals surface area contributed by atoms with Gasteiger partial charge in [0.25, 0.3) is 0 Å². The fourth-order valence-corrected chi connectivity index (χ4v) is 8.35. The second-order valence-corrected chi connectivity index (χ2v) is 10.1. The number of thiophene rings is 1. The summed E-state index contributed by atoms with van der Waals surface area (Å²) in [5.74, 6) is 1.13. The topological polar surface area (TPSA) is 9.23 Å². The highest BCUT2D eigenvalue weighted by atomic mass is 32.1. The molecule has 0 N–H and O–H groups in total. The molecule has 1 heterocycles. The second kappa shape index (κ2) is 4.98. The van der Waals surface area contributed by atoms with Crippen molar-refractivity contribution in [2.75, 3.05) is 7.11 Å². The van der Waals surface area contributed by atoms with Crippen LogP contribution >= 0.6 is 11.3 Å². The lowest BCUT2D eigenvalue weighted by Gasteiger charge is -2.27. The average Bonchev–Trinajstić information content (AvgIpc) is 2.70. The Morgan fingerprint density at radius 3 is 2.21 bits per heavy atom. The number of hydrogen-bond donors (Lipinski definition) is 0. The third-order valence-electron chi connectivity index (χ3n) is 3.36. The molecule has 0 spiro atoms. The van der Waals surface area contributed by atoms with E-state index in [2.05, 4.69) is 32.2 Å². The lowest BCUT2D eigenvalue weighted by atomic mass is 10.6. The second-order valence-electron chi connectivity index (χ2n) is 3.66. The van der Waals surface area contributed by atoms with E-state index < -0.39 is 8.07 Å². The smallest absolute Gasteiger partial charge is 0.128 e. The fourth-order valence-electron chi connectivity index (χ4n) is 2.08. The van der Waals surface area contributed by atoms with E-state index in [4.69, 9.17) is 4.74 Å². The van der Waals surface area contributed by atoms with Gasteiger partial charge in [0.15, 0.2) is 0 Å². The minimum absolute atomic E-state index is 1.13. The van der Waals surface area contributed by atoms with Crippen molar-refractivity contribution in [2.45, 2.75) is 38.9 Å². The van der Waals surface area contributed by atoms with Crippen molar-refractivity contribution in [2.24, 2.45) is 0 Å². The van der Waals surface area contributed by atoms with Crippen molar-refractivity contribution in [1.29, 1.82) is 0 Å². The zero-order valence-corrected chi connectivity index (χ0v) is 11.4. The zero-order chi connectivity index (χ0) is 10.6.